The molecule has 0 atom stereocenters. The SMILES string of the molecule is COc1ccc(F)cc1OCc1c(-c2ccc(F)cc2OC)ccc2c1C(C)=CC(C)(C)N2. The lowest BCUT2D eigenvalue weighted by Crippen LogP contribution is -2.32. The van der Waals surface area contributed by atoms with Gasteiger partial charge < -0.3 is 19.5 Å². The molecule has 0 saturated carbocycles. The summed E-state index contributed by atoms with van der Waals surface area (Å²) in [6, 6.07) is 12.6. The van der Waals surface area contributed by atoms with Crippen LogP contribution in [0.15, 0.2) is 54.6 Å². The van der Waals surface area contributed by atoms with Gasteiger partial charge in [-0.15, -0.1) is 0 Å². The molecule has 1 heterocycles. The smallest absolute Gasteiger partial charge is 0.164 e. The van der Waals surface area contributed by atoms with Crippen molar-refractivity contribution in [2.75, 3.05) is 19.5 Å². The Balaban J connectivity index is 1.87. The van der Waals surface area contributed by atoms with Crippen LogP contribution in [0, 0.1) is 11.6 Å². The third-order valence-corrected chi connectivity index (χ3v) is 5.69. The lowest BCUT2D eigenvalue weighted by atomic mass is 9.85. The molecule has 0 spiro atoms. The minimum absolute atomic E-state index is 0.145. The van der Waals surface area contributed by atoms with Crippen LogP contribution in [-0.4, -0.2) is 19.8 Å². The zero-order valence-electron chi connectivity index (χ0n) is 19.4. The van der Waals surface area contributed by atoms with Crippen molar-refractivity contribution in [1.82, 2.24) is 0 Å². The molecule has 1 aliphatic rings. The highest BCUT2D eigenvalue weighted by atomic mass is 19.1. The maximum atomic E-state index is 13.9. The van der Waals surface area contributed by atoms with Crippen molar-refractivity contribution >= 4 is 11.3 Å². The van der Waals surface area contributed by atoms with E-state index in [2.05, 4.69) is 32.2 Å². The first-order valence-electron chi connectivity index (χ1n) is 10.7. The number of fused-ring (bicyclic) bond motifs is 1. The van der Waals surface area contributed by atoms with Gasteiger partial charge in [0.2, 0.25) is 0 Å². The summed E-state index contributed by atoms with van der Waals surface area (Å²) in [5.41, 5.74) is 5.29. The molecular formula is C27H27F2NO3. The summed E-state index contributed by atoms with van der Waals surface area (Å²) in [6.45, 7) is 6.40. The third kappa shape index (κ3) is 4.51. The zero-order chi connectivity index (χ0) is 23.8. The van der Waals surface area contributed by atoms with Gasteiger partial charge in [0.15, 0.2) is 11.5 Å². The van der Waals surface area contributed by atoms with Gasteiger partial charge in [0.05, 0.1) is 19.8 Å². The third-order valence-electron chi connectivity index (χ3n) is 5.69. The molecule has 0 saturated heterocycles. The Kier molecular flexibility index (Phi) is 6.02. The molecule has 0 aromatic heterocycles. The predicted molar refractivity (Wildman–Crippen MR) is 127 cm³/mol. The van der Waals surface area contributed by atoms with Crippen molar-refractivity contribution in [2.45, 2.75) is 32.9 Å². The van der Waals surface area contributed by atoms with E-state index >= 15 is 0 Å². The molecule has 0 unspecified atom stereocenters. The number of benzene rings is 3. The molecule has 6 heteroatoms. The number of hydrogen-bond acceptors (Lipinski definition) is 4. The molecule has 3 aromatic rings. The molecule has 1 N–H and O–H groups in total. The molecule has 0 amide bonds. The molecule has 4 nitrogen and oxygen atoms in total. The van der Waals surface area contributed by atoms with Gasteiger partial charge in [-0.1, -0.05) is 12.1 Å². The van der Waals surface area contributed by atoms with E-state index in [1.807, 2.05) is 12.1 Å². The second-order valence-corrected chi connectivity index (χ2v) is 8.62. The fourth-order valence-electron chi connectivity index (χ4n) is 4.40. The number of halogens is 2. The molecule has 4 rings (SSSR count). The Hall–Kier alpha value is -3.54. The van der Waals surface area contributed by atoms with Gasteiger partial charge >= 0.3 is 0 Å². The van der Waals surface area contributed by atoms with Gasteiger partial charge in [0, 0.05) is 34.5 Å². The Labute approximate surface area is 192 Å². The van der Waals surface area contributed by atoms with Crippen LogP contribution in [0.4, 0.5) is 14.5 Å². The number of anilines is 1. The van der Waals surface area contributed by atoms with E-state index < -0.39 is 5.82 Å². The molecular weight excluding hydrogens is 424 g/mol. The maximum absolute atomic E-state index is 13.9. The zero-order valence-corrected chi connectivity index (χ0v) is 19.4. The predicted octanol–water partition coefficient (Wildman–Crippen LogP) is 6.84. The Morgan fingerprint density at radius 3 is 2.15 bits per heavy atom. The highest BCUT2D eigenvalue weighted by Crippen LogP contribution is 2.43. The molecule has 0 aliphatic carbocycles. The standard InChI is InChI=1S/C27H27F2NO3/c1-16-14-27(2,3)30-22-10-9-19(20-8-6-17(28)12-24(20)32-5)21(26(16)22)15-33-25-13-18(29)7-11-23(25)31-4/h6-14,30H,15H2,1-5H3. The van der Waals surface area contributed by atoms with Crippen molar-refractivity contribution in [3.63, 3.8) is 0 Å². The van der Waals surface area contributed by atoms with Crippen molar-refractivity contribution in [3.05, 3.63) is 77.4 Å². The first-order valence-corrected chi connectivity index (χ1v) is 10.7. The van der Waals surface area contributed by atoms with Crippen LogP contribution in [0.25, 0.3) is 16.7 Å². The average Bonchev–Trinajstić information content (AvgIpc) is 2.76. The van der Waals surface area contributed by atoms with E-state index in [0.717, 1.165) is 33.5 Å². The van der Waals surface area contributed by atoms with E-state index in [1.165, 1.54) is 44.6 Å². The van der Waals surface area contributed by atoms with Crippen LogP contribution in [0.5, 0.6) is 17.2 Å². The van der Waals surface area contributed by atoms with Crippen LogP contribution in [0.2, 0.25) is 0 Å². The molecule has 33 heavy (non-hydrogen) atoms. The van der Waals surface area contributed by atoms with E-state index in [1.54, 1.807) is 6.07 Å². The first kappa shape index (κ1) is 22.6. The van der Waals surface area contributed by atoms with Gasteiger partial charge in [0.25, 0.3) is 0 Å². The van der Waals surface area contributed by atoms with Gasteiger partial charge in [0.1, 0.15) is 24.0 Å². The van der Waals surface area contributed by atoms with Crippen LogP contribution < -0.4 is 19.5 Å². The second-order valence-electron chi connectivity index (χ2n) is 8.62. The normalized spacial score (nSPS) is 14.1. The summed E-state index contributed by atoms with van der Waals surface area (Å²) in [4.78, 5) is 0. The Bertz CT molecular complexity index is 1230. The monoisotopic (exact) mass is 451 g/mol. The molecule has 3 aromatic carbocycles. The van der Waals surface area contributed by atoms with Gasteiger partial charge in [-0.2, -0.15) is 0 Å². The summed E-state index contributed by atoms with van der Waals surface area (Å²) in [5.74, 6) is 0.368. The van der Waals surface area contributed by atoms with E-state index in [4.69, 9.17) is 14.2 Å². The summed E-state index contributed by atoms with van der Waals surface area (Å²) < 4.78 is 44.7. The van der Waals surface area contributed by atoms with E-state index in [-0.39, 0.29) is 18.0 Å². The Morgan fingerprint density at radius 2 is 1.45 bits per heavy atom. The highest BCUT2D eigenvalue weighted by Gasteiger charge is 2.27. The summed E-state index contributed by atoms with van der Waals surface area (Å²) in [6.07, 6.45) is 2.16. The molecule has 0 radical (unpaired) electrons. The number of hydrogen-bond donors (Lipinski definition) is 1. The number of rotatable bonds is 6. The van der Waals surface area contributed by atoms with Crippen molar-refractivity contribution in [2.24, 2.45) is 0 Å². The first-order chi connectivity index (χ1) is 15.7. The van der Waals surface area contributed by atoms with Crippen LogP contribution in [0.1, 0.15) is 31.9 Å². The fraction of sp³-hybridized carbons (Fsp3) is 0.259. The number of nitrogens with one attached hydrogen (secondary N) is 1. The van der Waals surface area contributed by atoms with Crippen LogP contribution >= 0.6 is 0 Å². The fourth-order valence-corrected chi connectivity index (χ4v) is 4.40. The minimum Gasteiger partial charge on any atom is -0.496 e. The van der Waals surface area contributed by atoms with Gasteiger partial charge in [-0.25, -0.2) is 8.78 Å². The lowest BCUT2D eigenvalue weighted by molar-refractivity contribution is 0.283. The topological polar surface area (TPSA) is 39.7 Å². The Morgan fingerprint density at radius 1 is 0.818 bits per heavy atom. The highest BCUT2D eigenvalue weighted by molar-refractivity contribution is 5.88. The molecule has 0 bridgehead atoms. The number of allylic oxidation sites excluding steroid dienone is 1. The average molecular weight is 452 g/mol. The lowest BCUT2D eigenvalue weighted by Gasteiger charge is -2.33. The summed E-state index contributed by atoms with van der Waals surface area (Å²) >= 11 is 0. The maximum Gasteiger partial charge on any atom is 0.164 e. The quantitative estimate of drug-likeness (QED) is 0.446. The van der Waals surface area contributed by atoms with Crippen molar-refractivity contribution in [1.29, 1.82) is 0 Å². The molecule has 172 valence electrons. The van der Waals surface area contributed by atoms with Crippen molar-refractivity contribution in [3.8, 4) is 28.4 Å². The largest absolute Gasteiger partial charge is 0.496 e. The van der Waals surface area contributed by atoms with Gasteiger partial charge in [-0.3, -0.25) is 0 Å². The van der Waals surface area contributed by atoms with E-state index in [0.29, 0.717) is 17.2 Å². The molecule has 0 fully saturated rings. The van der Waals surface area contributed by atoms with Crippen molar-refractivity contribution < 1.29 is 23.0 Å². The summed E-state index contributed by atoms with van der Waals surface area (Å²) in [7, 11) is 3.03. The van der Waals surface area contributed by atoms with Crippen LogP contribution in [-0.2, 0) is 6.61 Å². The summed E-state index contributed by atoms with van der Waals surface area (Å²) in [5, 5.41) is 3.55. The minimum atomic E-state index is -0.416. The number of ether oxygens (including phenoxy) is 3. The van der Waals surface area contributed by atoms with E-state index in [9.17, 15) is 8.78 Å². The molecule has 1 aliphatic heterocycles. The van der Waals surface area contributed by atoms with Crippen LogP contribution in [0.3, 0.4) is 0 Å². The van der Waals surface area contributed by atoms with Gasteiger partial charge in [-0.05, 0) is 62.2 Å². The number of methoxy groups -OCH3 is 2. The second kappa shape index (κ2) is 8.77.